The zero-order valence-electron chi connectivity index (χ0n) is 15.5. The minimum atomic E-state index is -0.121. The van der Waals surface area contributed by atoms with Gasteiger partial charge < -0.3 is 20.1 Å². The quantitative estimate of drug-likeness (QED) is 0.756. The van der Waals surface area contributed by atoms with E-state index in [1.54, 1.807) is 30.9 Å². The number of hydrogen-bond donors (Lipinski definition) is 1. The molecular weight excluding hydrogens is 342 g/mol. The fourth-order valence-corrected chi connectivity index (χ4v) is 3.16. The van der Waals surface area contributed by atoms with E-state index in [4.69, 9.17) is 15.2 Å². The van der Waals surface area contributed by atoms with Crippen LogP contribution in [0.15, 0.2) is 49.1 Å². The molecule has 0 unspecified atom stereocenters. The molecule has 0 amide bonds. The van der Waals surface area contributed by atoms with Crippen LogP contribution in [0.25, 0.3) is 0 Å². The van der Waals surface area contributed by atoms with Gasteiger partial charge in [0.15, 0.2) is 0 Å². The van der Waals surface area contributed by atoms with Gasteiger partial charge in [-0.3, -0.25) is 4.98 Å². The van der Waals surface area contributed by atoms with Crippen molar-refractivity contribution in [3.63, 3.8) is 0 Å². The number of fused-ring (bicyclic) bond motifs is 1. The van der Waals surface area contributed by atoms with Crippen LogP contribution in [0.2, 0.25) is 0 Å². The molecule has 0 aliphatic carbocycles. The van der Waals surface area contributed by atoms with Crippen molar-refractivity contribution in [2.45, 2.75) is 19.3 Å². The number of pyridine rings is 1. The summed E-state index contributed by atoms with van der Waals surface area (Å²) >= 11 is 0. The van der Waals surface area contributed by atoms with Gasteiger partial charge in [-0.05, 0) is 18.2 Å². The Morgan fingerprint density at radius 2 is 1.93 bits per heavy atom. The van der Waals surface area contributed by atoms with E-state index in [-0.39, 0.29) is 11.4 Å². The third kappa shape index (κ3) is 3.12. The van der Waals surface area contributed by atoms with Crippen LogP contribution in [0.5, 0.6) is 17.5 Å². The van der Waals surface area contributed by atoms with Gasteiger partial charge >= 0.3 is 6.01 Å². The molecule has 0 atom stereocenters. The number of nitrogens with two attached hydrogens (primary N) is 1. The molecule has 138 valence electrons. The molecule has 0 saturated heterocycles. The van der Waals surface area contributed by atoms with Gasteiger partial charge in [-0.1, -0.05) is 19.9 Å². The first kappa shape index (κ1) is 17.1. The van der Waals surface area contributed by atoms with Crippen LogP contribution in [0.4, 0.5) is 17.1 Å². The summed E-state index contributed by atoms with van der Waals surface area (Å²) in [6, 6.07) is 7.80. The molecule has 7 heteroatoms. The lowest BCUT2D eigenvalue weighted by molar-refractivity contribution is 0.290. The predicted octanol–water partition coefficient (Wildman–Crippen LogP) is 3.68. The Labute approximate surface area is 157 Å². The molecule has 0 fully saturated rings. The summed E-state index contributed by atoms with van der Waals surface area (Å²) in [4.78, 5) is 14.7. The molecule has 27 heavy (non-hydrogen) atoms. The molecule has 0 bridgehead atoms. The fraction of sp³-hybridized carbons (Fsp3) is 0.250. The number of nitrogens with zero attached hydrogens (tertiary/aromatic N) is 4. The van der Waals surface area contributed by atoms with E-state index in [9.17, 15) is 0 Å². The van der Waals surface area contributed by atoms with Gasteiger partial charge in [0.25, 0.3) is 0 Å². The van der Waals surface area contributed by atoms with Crippen molar-refractivity contribution >= 4 is 17.1 Å². The molecule has 0 saturated carbocycles. The van der Waals surface area contributed by atoms with Crippen molar-refractivity contribution in [2.24, 2.45) is 0 Å². The maximum absolute atomic E-state index is 6.01. The fourth-order valence-electron chi connectivity index (χ4n) is 3.16. The van der Waals surface area contributed by atoms with E-state index in [1.807, 2.05) is 30.1 Å². The first-order chi connectivity index (χ1) is 13.0. The number of anilines is 3. The first-order valence-electron chi connectivity index (χ1n) is 8.65. The Morgan fingerprint density at radius 3 is 2.67 bits per heavy atom. The van der Waals surface area contributed by atoms with Crippen molar-refractivity contribution in [1.82, 2.24) is 15.0 Å². The second kappa shape index (κ2) is 6.42. The summed E-state index contributed by atoms with van der Waals surface area (Å²) in [5, 5.41) is 0. The Hall–Kier alpha value is -3.35. The molecule has 0 radical (unpaired) electrons. The lowest BCUT2D eigenvalue weighted by Crippen LogP contribution is -2.19. The second-order valence-electron chi connectivity index (χ2n) is 7.12. The van der Waals surface area contributed by atoms with E-state index >= 15 is 0 Å². The predicted molar refractivity (Wildman–Crippen MR) is 104 cm³/mol. The number of benzene rings is 1. The number of hydrogen-bond acceptors (Lipinski definition) is 7. The average molecular weight is 363 g/mol. The van der Waals surface area contributed by atoms with Crippen molar-refractivity contribution in [1.29, 1.82) is 0 Å². The highest BCUT2D eigenvalue weighted by atomic mass is 16.5. The standard InChI is InChI=1S/C20H21N5O2/c1-20(2)12-26-16-5-4-6-17(18(16)20)27-19-23-9-13(10-24-19)25(3)15-11-22-8-7-14(15)21/h4-11H,12H2,1-3H3,(H2,21,22). The molecule has 3 aromatic rings. The zero-order valence-corrected chi connectivity index (χ0v) is 15.5. The molecule has 2 aromatic heterocycles. The van der Waals surface area contributed by atoms with Crippen molar-refractivity contribution in [3.05, 3.63) is 54.6 Å². The highest BCUT2D eigenvalue weighted by Crippen LogP contribution is 2.45. The van der Waals surface area contributed by atoms with Gasteiger partial charge in [0.05, 0.1) is 42.3 Å². The number of ether oxygens (including phenoxy) is 2. The molecule has 1 aliphatic rings. The second-order valence-corrected chi connectivity index (χ2v) is 7.12. The molecule has 1 aromatic carbocycles. The molecule has 3 heterocycles. The lowest BCUT2D eigenvalue weighted by atomic mass is 9.86. The van der Waals surface area contributed by atoms with E-state index in [2.05, 4.69) is 28.8 Å². The van der Waals surface area contributed by atoms with Crippen LogP contribution in [0.3, 0.4) is 0 Å². The van der Waals surface area contributed by atoms with Gasteiger partial charge in [0, 0.05) is 24.2 Å². The minimum Gasteiger partial charge on any atom is -0.492 e. The Balaban J connectivity index is 1.58. The normalized spacial score (nSPS) is 14.3. The largest absolute Gasteiger partial charge is 0.492 e. The maximum atomic E-state index is 6.01. The monoisotopic (exact) mass is 363 g/mol. The van der Waals surface area contributed by atoms with Crippen molar-refractivity contribution in [2.75, 3.05) is 24.3 Å². The van der Waals surface area contributed by atoms with Crippen molar-refractivity contribution in [3.8, 4) is 17.5 Å². The highest BCUT2D eigenvalue weighted by Gasteiger charge is 2.35. The summed E-state index contributed by atoms with van der Waals surface area (Å²) in [6.07, 6.45) is 6.75. The van der Waals surface area contributed by atoms with Crippen LogP contribution in [0, 0.1) is 0 Å². The lowest BCUT2D eigenvalue weighted by Gasteiger charge is -2.20. The first-order valence-corrected chi connectivity index (χ1v) is 8.65. The topological polar surface area (TPSA) is 86.4 Å². The van der Waals surface area contributed by atoms with Crippen LogP contribution in [0.1, 0.15) is 19.4 Å². The number of aromatic nitrogens is 3. The minimum absolute atomic E-state index is 0.121. The SMILES string of the molecule is CN(c1cnc(Oc2cccc3c2C(C)(C)CO3)nc1)c1cnccc1N. The van der Waals surface area contributed by atoms with E-state index < -0.39 is 0 Å². The van der Waals surface area contributed by atoms with Gasteiger partial charge in [0.1, 0.15) is 11.5 Å². The smallest absolute Gasteiger partial charge is 0.322 e. The van der Waals surface area contributed by atoms with Gasteiger partial charge in [-0.2, -0.15) is 0 Å². The van der Waals surface area contributed by atoms with E-state index in [1.165, 1.54) is 0 Å². The molecule has 1 aliphatic heterocycles. The maximum Gasteiger partial charge on any atom is 0.322 e. The van der Waals surface area contributed by atoms with Crippen LogP contribution >= 0.6 is 0 Å². The molecular formula is C20H21N5O2. The van der Waals surface area contributed by atoms with Crippen LogP contribution < -0.4 is 20.1 Å². The van der Waals surface area contributed by atoms with E-state index in [0.29, 0.717) is 18.0 Å². The average Bonchev–Trinajstić information content (AvgIpc) is 2.98. The third-order valence-corrected chi connectivity index (χ3v) is 4.65. The molecule has 7 nitrogen and oxygen atoms in total. The Bertz CT molecular complexity index is 972. The Morgan fingerprint density at radius 1 is 1.15 bits per heavy atom. The molecule has 2 N–H and O–H groups in total. The van der Waals surface area contributed by atoms with Crippen LogP contribution in [-0.4, -0.2) is 28.6 Å². The van der Waals surface area contributed by atoms with Gasteiger partial charge in [0.2, 0.25) is 0 Å². The summed E-state index contributed by atoms with van der Waals surface area (Å²) in [5.74, 6) is 1.56. The summed E-state index contributed by atoms with van der Waals surface area (Å²) in [7, 11) is 1.89. The highest BCUT2D eigenvalue weighted by molar-refractivity contribution is 5.72. The van der Waals surface area contributed by atoms with Crippen LogP contribution in [-0.2, 0) is 5.41 Å². The zero-order chi connectivity index (χ0) is 19.0. The number of rotatable bonds is 4. The Kier molecular flexibility index (Phi) is 4.07. The number of nitrogen functional groups attached to an aromatic ring is 1. The molecule has 0 spiro atoms. The molecule has 4 rings (SSSR count). The summed E-state index contributed by atoms with van der Waals surface area (Å²) < 4.78 is 11.7. The van der Waals surface area contributed by atoms with Gasteiger partial charge in [-0.25, -0.2) is 9.97 Å². The van der Waals surface area contributed by atoms with E-state index in [0.717, 1.165) is 22.7 Å². The summed E-state index contributed by atoms with van der Waals surface area (Å²) in [5.41, 5.74) is 9.13. The summed E-state index contributed by atoms with van der Waals surface area (Å²) in [6.45, 7) is 4.88. The third-order valence-electron chi connectivity index (χ3n) is 4.65. The van der Waals surface area contributed by atoms with Gasteiger partial charge in [-0.15, -0.1) is 0 Å². The van der Waals surface area contributed by atoms with Crippen molar-refractivity contribution < 1.29 is 9.47 Å².